The normalized spacial score (nSPS) is 20.7. The largest absolute Gasteiger partial charge is 0.426 e. The maximum Gasteiger partial charge on any atom is 0.314 e. The second-order valence-electron chi connectivity index (χ2n) is 6.79. The van der Waals surface area contributed by atoms with Gasteiger partial charge in [-0.05, 0) is 68.2 Å². The van der Waals surface area contributed by atoms with E-state index in [-0.39, 0.29) is 11.9 Å². The number of nitriles is 1. The van der Waals surface area contributed by atoms with Crippen LogP contribution >= 0.6 is 0 Å². The molecule has 4 heteroatoms. The van der Waals surface area contributed by atoms with Crippen LogP contribution in [0.1, 0.15) is 51.0 Å². The van der Waals surface area contributed by atoms with Crippen molar-refractivity contribution in [3.05, 3.63) is 53.9 Å². The SMILES string of the molecule is CCCCc1ccc(OC(=O)C2CCC(C=CC=C(F)C#N)CC2)cc1. The standard InChI is InChI=1S/C22H26FNO2/c1-2-3-5-17-10-14-21(15-11-17)26-22(25)19-12-8-18(9-13-19)6-4-7-20(23)16-24/h4,6-7,10-11,14-15,18-19H,2-3,5,8-9,12-13H2,1H3. The van der Waals surface area contributed by atoms with Crippen LogP contribution in [-0.4, -0.2) is 5.97 Å². The average molecular weight is 355 g/mol. The van der Waals surface area contributed by atoms with Crippen molar-refractivity contribution in [1.29, 1.82) is 5.26 Å². The number of rotatable bonds is 7. The summed E-state index contributed by atoms with van der Waals surface area (Å²) in [5.41, 5.74) is 1.26. The van der Waals surface area contributed by atoms with Gasteiger partial charge in [-0.1, -0.05) is 37.6 Å². The number of allylic oxidation sites excluding steroid dienone is 4. The molecule has 0 amide bonds. The van der Waals surface area contributed by atoms with Crippen LogP contribution < -0.4 is 4.74 Å². The summed E-state index contributed by atoms with van der Waals surface area (Å²) in [4.78, 5) is 12.3. The lowest BCUT2D eigenvalue weighted by atomic mass is 9.82. The van der Waals surface area contributed by atoms with Gasteiger partial charge < -0.3 is 4.74 Å². The van der Waals surface area contributed by atoms with Gasteiger partial charge in [-0.2, -0.15) is 9.65 Å². The number of esters is 1. The van der Waals surface area contributed by atoms with Crippen LogP contribution in [0.2, 0.25) is 0 Å². The van der Waals surface area contributed by atoms with Gasteiger partial charge in [0.15, 0.2) is 5.83 Å². The number of hydrogen-bond donors (Lipinski definition) is 0. The molecular weight excluding hydrogens is 329 g/mol. The molecule has 26 heavy (non-hydrogen) atoms. The molecule has 0 aliphatic heterocycles. The highest BCUT2D eigenvalue weighted by atomic mass is 19.1. The zero-order chi connectivity index (χ0) is 18.8. The first-order chi connectivity index (χ1) is 12.6. The predicted molar refractivity (Wildman–Crippen MR) is 100 cm³/mol. The van der Waals surface area contributed by atoms with Crippen molar-refractivity contribution >= 4 is 5.97 Å². The molecule has 3 nitrogen and oxygen atoms in total. The van der Waals surface area contributed by atoms with Crippen molar-refractivity contribution in [2.75, 3.05) is 0 Å². The van der Waals surface area contributed by atoms with Gasteiger partial charge in [0, 0.05) is 0 Å². The fraction of sp³-hybridized carbons (Fsp3) is 0.455. The Morgan fingerprint density at radius 3 is 2.58 bits per heavy atom. The Bertz CT molecular complexity index is 677. The minimum absolute atomic E-state index is 0.0780. The lowest BCUT2D eigenvalue weighted by molar-refractivity contribution is -0.140. The molecule has 1 aromatic carbocycles. The average Bonchev–Trinajstić information content (AvgIpc) is 2.67. The number of aryl methyl sites for hydroxylation is 1. The number of halogens is 1. The second kappa shape index (κ2) is 10.6. The van der Waals surface area contributed by atoms with Crippen LogP contribution in [0.5, 0.6) is 5.75 Å². The van der Waals surface area contributed by atoms with Crippen molar-refractivity contribution < 1.29 is 13.9 Å². The van der Waals surface area contributed by atoms with E-state index in [9.17, 15) is 9.18 Å². The molecule has 0 aromatic heterocycles. The molecule has 1 aliphatic rings. The van der Waals surface area contributed by atoms with E-state index in [0.717, 1.165) is 44.9 Å². The van der Waals surface area contributed by atoms with Crippen molar-refractivity contribution in [3.8, 4) is 11.8 Å². The van der Waals surface area contributed by atoms with Gasteiger partial charge in [0.25, 0.3) is 0 Å². The van der Waals surface area contributed by atoms with E-state index in [2.05, 4.69) is 6.92 Å². The van der Waals surface area contributed by atoms with Gasteiger partial charge in [-0.3, -0.25) is 4.79 Å². The molecule has 0 unspecified atom stereocenters. The Labute approximate surface area is 155 Å². The Morgan fingerprint density at radius 1 is 1.27 bits per heavy atom. The van der Waals surface area contributed by atoms with Gasteiger partial charge in [-0.15, -0.1) is 0 Å². The molecule has 1 saturated carbocycles. The molecule has 0 atom stereocenters. The van der Waals surface area contributed by atoms with Crippen LogP contribution in [-0.2, 0) is 11.2 Å². The molecule has 0 saturated heterocycles. The number of unbranched alkanes of at least 4 members (excludes halogenated alkanes) is 1. The number of ether oxygens (including phenoxy) is 1. The Balaban J connectivity index is 1.78. The van der Waals surface area contributed by atoms with E-state index in [4.69, 9.17) is 10.00 Å². The molecule has 1 fully saturated rings. The predicted octanol–water partition coefficient (Wildman–Crippen LogP) is 5.67. The van der Waals surface area contributed by atoms with Gasteiger partial charge in [-0.25, -0.2) is 0 Å². The molecule has 0 radical (unpaired) electrons. The van der Waals surface area contributed by atoms with Crippen molar-refractivity contribution in [1.82, 2.24) is 0 Å². The van der Waals surface area contributed by atoms with Crippen molar-refractivity contribution in [2.45, 2.75) is 51.9 Å². The molecular formula is C22H26FNO2. The monoisotopic (exact) mass is 355 g/mol. The van der Waals surface area contributed by atoms with Gasteiger partial charge in [0.1, 0.15) is 11.8 Å². The summed E-state index contributed by atoms with van der Waals surface area (Å²) < 4.78 is 18.3. The van der Waals surface area contributed by atoms with Crippen LogP contribution in [0.3, 0.4) is 0 Å². The molecule has 0 bridgehead atoms. The summed E-state index contributed by atoms with van der Waals surface area (Å²) in [6, 6.07) is 9.22. The smallest absolute Gasteiger partial charge is 0.314 e. The summed E-state index contributed by atoms with van der Waals surface area (Å²) in [7, 11) is 0. The number of hydrogen-bond acceptors (Lipinski definition) is 3. The maximum atomic E-state index is 12.7. The Kier molecular flexibility index (Phi) is 8.08. The Morgan fingerprint density at radius 2 is 1.96 bits per heavy atom. The van der Waals surface area contributed by atoms with Crippen LogP contribution in [0, 0.1) is 23.2 Å². The number of benzene rings is 1. The molecule has 2 rings (SSSR count). The number of carbonyl (C=O) groups excluding carboxylic acids is 1. The highest BCUT2D eigenvalue weighted by molar-refractivity contribution is 5.75. The fourth-order valence-corrected chi connectivity index (χ4v) is 3.19. The first kappa shape index (κ1) is 19.9. The zero-order valence-electron chi connectivity index (χ0n) is 15.3. The highest BCUT2D eigenvalue weighted by Crippen LogP contribution is 2.31. The molecule has 1 aromatic rings. The van der Waals surface area contributed by atoms with Gasteiger partial charge in [0.2, 0.25) is 0 Å². The lowest BCUT2D eigenvalue weighted by Gasteiger charge is -2.25. The van der Waals surface area contributed by atoms with Gasteiger partial charge in [0.05, 0.1) is 5.92 Å². The van der Waals surface area contributed by atoms with Crippen LogP contribution in [0.25, 0.3) is 0 Å². The molecule has 1 aliphatic carbocycles. The summed E-state index contributed by atoms with van der Waals surface area (Å²) in [5, 5.41) is 8.36. The molecule has 0 N–H and O–H groups in total. The van der Waals surface area contributed by atoms with Gasteiger partial charge >= 0.3 is 5.97 Å². The summed E-state index contributed by atoms with van der Waals surface area (Å²) in [6.07, 6.45) is 11.3. The Hall–Kier alpha value is -2.41. The van der Waals surface area contributed by atoms with E-state index in [1.54, 1.807) is 6.08 Å². The van der Waals surface area contributed by atoms with E-state index >= 15 is 0 Å². The summed E-state index contributed by atoms with van der Waals surface area (Å²) in [5.74, 6) is -0.108. The van der Waals surface area contributed by atoms with Crippen LogP contribution in [0.15, 0.2) is 48.3 Å². The maximum absolute atomic E-state index is 12.7. The fourth-order valence-electron chi connectivity index (χ4n) is 3.19. The minimum Gasteiger partial charge on any atom is -0.426 e. The second-order valence-corrected chi connectivity index (χ2v) is 6.79. The zero-order valence-corrected chi connectivity index (χ0v) is 15.3. The third kappa shape index (κ3) is 6.48. The molecule has 0 spiro atoms. The van der Waals surface area contributed by atoms with Crippen molar-refractivity contribution in [3.63, 3.8) is 0 Å². The first-order valence-electron chi connectivity index (χ1n) is 9.37. The van der Waals surface area contributed by atoms with E-state index in [0.29, 0.717) is 11.7 Å². The number of carbonyl (C=O) groups is 1. The summed E-state index contributed by atoms with van der Waals surface area (Å²) >= 11 is 0. The number of nitrogens with zero attached hydrogens (tertiary/aromatic N) is 1. The van der Waals surface area contributed by atoms with Crippen LogP contribution in [0.4, 0.5) is 4.39 Å². The first-order valence-corrected chi connectivity index (χ1v) is 9.37. The van der Waals surface area contributed by atoms with E-state index in [1.165, 1.54) is 17.7 Å². The quantitative estimate of drug-likeness (QED) is 0.274. The highest BCUT2D eigenvalue weighted by Gasteiger charge is 2.26. The van der Waals surface area contributed by atoms with Crippen molar-refractivity contribution in [2.24, 2.45) is 11.8 Å². The molecule has 138 valence electrons. The molecule has 0 heterocycles. The topological polar surface area (TPSA) is 50.1 Å². The third-order valence-electron chi connectivity index (χ3n) is 4.80. The summed E-state index contributed by atoms with van der Waals surface area (Å²) in [6.45, 7) is 2.17. The van der Waals surface area contributed by atoms with E-state index in [1.807, 2.05) is 30.3 Å². The van der Waals surface area contributed by atoms with E-state index < -0.39 is 5.83 Å². The lowest BCUT2D eigenvalue weighted by Crippen LogP contribution is -2.25. The third-order valence-corrected chi connectivity index (χ3v) is 4.80. The minimum atomic E-state index is -0.792.